The minimum Gasteiger partial charge on any atom is -0.294 e. The third-order valence-corrected chi connectivity index (χ3v) is 2.27. The minimum absolute atomic E-state index is 0.0227. The van der Waals surface area contributed by atoms with Crippen LogP contribution in [0.2, 0.25) is 0 Å². The van der Waals surface area contributed by atoms with Gasteiger partial charge in [0, 0.05) is 6.20 Å². The van der Waals surface area contributed by atoms with Crippen LogP contribution >= 0.6 is 0 Å². The van der Waals surface area contributed by atoms with Crippen LogP contribution in [-0.4, -0.2) is 15.6 Å². The lowest BCUT2D eigenvalue weighted by molar-refractivity contribution is 0.101. The Labute approximate surface area is 92.5 Å². The van der Waals surface area contributed by atoms with Crippen molar-refractivity contribution in [1.82, 2.24) is 9.78 Å². The summed E-state index contributed by atoms with van der Waals surface area (Å²) in [5, 5.41) is 4.04. The molecule has 2 rings (SSSR count). The van der Waals surface area contributed by atoms with Crippen LogP contribution in [0.1, 0.15) is 22.8 Å². The van der Waals surface area contributed by atoms with Crippen LogP contribution in [-0.2, 0) is 6.54 Å². The van der Waals surface area contributed by atoms with Crippen molar-refractivity contribution in [3.63, 3.8) is 0 Å². The fourth-order valence-corrected chi connectivity index (χ4v) is 1.45. The number of hydrogen-bond acceptors (Lipinski definition) is 2. The van der Waals surface area contributed by atoms with Crippen molar-refractivity contribution in [1.29, 1.82) is 0 Å². The highest BCUT2D eigenvalue weighted by Gasteiger charge is 2.03. The first-order valence-electron chi connectivity index (χ1n) is 4.93. The predicted octanol–water partition coefficient (Wildman–Crippen LogP) is 2.27. The van der Waals surface area contributed by atoms with E-state index in [4.69, 9.17) is 0 Å². The van der Waals surface area contributed by atoms with E-state index in [1.54, 1.807) is 16.9 Å². The molecule has 82 valence electrons. The van der Waals surface area contributed by atoms with E-state index >= 15 is 0 Å². The van der Waals surface area contributed by atoms with E-state index in [0.29, 0.717) is 12.1 Å². The Balaban J connectivity index is 2.17. The van der Waals surface area contributed by atoms with Gasteiger partial charge in [0.2, 0.25) is 0 Å². The monoisotopic (exact) mass is 218 g/mol. The van der Waals surface area contributed by atoms with Crippen molar-refractivity contribution in [2.75, 3.05) is 0 Å². The van der Waals surface area contributed by atoms with Crippen molar-refractivity contribution >= 4 is 5.78 Å². The van der Waals surface area contributed by atoms with Crippen molar-refractivity contribution < 1.29 is 9.18 Å². The maximum Gasteiger partial charge on any atom is 0.162 e. The average molecular weight is 218 g/mol. The molecule has 3 nitrogen and oxygen atoms in total. The van der Waals surface area contributed by atoms with Crippen LogP contribution in [0.25, 0.3) is 0 Å². The molecule has 16 heavy (non-hydrogen) atoms. The first-order chi connectivity index (χ1) is 7.65. The molecule has 0 bridgehead atoms. The highest BCUT2D eigenvalue weighted by Crippen LogP contribution is 2.06. The number of carbonyl (C=O) groups is 1. The van der Waals surface area contributed by atoms with Gasteiger partial charge < -0.3 is 0 Å². The number of benzene rings is 1. The lowest BCUT2D eigenvalue weighted by Gasteiger charge is -2.01. The van der Waals surface area contributed by atoms with Crippen LogP contribution in [0, 0.1) is 5.82 Å². The molecule has 0 aliphatic heterocycles. The summed E-state index contributed by atoms with van der Waals surface area (Å²) in [5.74, 6) is -0.290. The Bertz CT molecular complexity index is 519. The summed E-state index contributed by atoms with van der Waals surface area (Å²) in [7, 11) is 0. The van der Waals surface area contributed by atoms with E-state index < -0.39 is 0 Å². The zero-order chi connectivity index (χ0) is 11.5. The molecule has 0 radical (unpaired) electrons. The van der Waals surface area contributed by atoms with Crippen molar-refractivity contribution in [3.8, 4) is 0 Å². The second kappa shape index (κ2) is 4.26. The summed E-state index contributed by atoms with van der Waals surface area (Å²) in [6.45, 7) is 1.95. The molecule has 0 unspecified atom stereocenters. The van der Waals surface area contributed by atoms with Gasteiger partial charge in [-0.1, -0.05) is 12.1 Å². The average Bonchev–Trinajstić information content (AvgIpc) is 2.66. The number of hydrogen-bond donors (Lipinski definition) is 0. The number of carbonyl (C=O) groups excluding carboxylic acids is 1. The molecule has 0 fully saturated rings. The highest BCUT2D eigenvalue weighted by atomic mass is 19.1. The van der Waals surface area contributed by atoms with Crippen molar-refractivity contribution in [3.05, 3.63) is 53.6 Å². The van der Waals surface area contributed by atoms with Crippen LogP contribution in [0.5, 0.6) is 0 Å². The summed E-state index contributed by atoms with van der Waals surface area (Å²) in [6.07, 6.45) is 3.18. The molecule has 0 spiro atoms. The van der Waals surface area contributed by atoms with Crippen LogP contribution in [0.3, 0.4) is 0 Å². The predicted molar refractivity (Wildman–Crippen MR) is 57.7 cm³/mol. The highest BCUT2D eigenvalue weighted by molar-refractivity contribution is 5.93. The summed E-state index contributed by atoms with van der Waals surface area (Å²) in [6, 6.07) is 6.32. The molecule has 1 aromatic heterocycles. The molecule has 0 N–H and O–H groups in total. The molecule has 2 aromatic rings. The van der Waals surface area contributed by atoms with Gasteiger partial charge in [0.25, 0.3) is 0 Å². The molecule has 0 aliphatic rings. The Hall–Kier alpha value is -1.97. The topological polar surface area (TPSA) is 34.9 Å². The maximum atomic E-state index is 12.9. The van der Waals surface area contributed by atoms with E-state index in [1.807, 2.05) is 6.07 Å². The van der Waals surface area contributed by atoms with E-state index in [-0.39, 0.29) is 11.6 Å². The van der Waals surface area contributed by atoms with Gasteiger partial charge in [-0.25, -0.2) is 4.39 Å². The third-order valence-electron chi connectivity index (χ3n) is 2.27. The van der Waals surface area contributed by atoms with E-state index in [9.17, 15) is 9.18 Å². The molecule has 4 heteroatoms. The third kappa shape index (κ3) is 2.34. The fourth-order valence-electron chi connectivity index (χ4n) is 1.45. The largest absolute Gasteiger partial charge is 0.294 e. The normalized spacial score (nSPS) is 10.4. The van der Waals surface area contributed by atoms with Crippen LogP contribution in [0.4, 0.5) is 4.39 Å². The quantitative estimate of drug-likeness (QED) is 0.741. The van der Waals surface area contributed by atoms with Gasteiger partial charge in [-0.2, -0.15) is 5.10 Å². The fraction of sp³-hybridized carbons (Fsp3) is 0.167. The first kappa shape index (κ1) is 10.5. The van der Waals surface area contributed by atoms with Gasteiger partial charge in [-0.05, 0) is 24.6 Å². The summed E-state index contributed by atoms with van der Waals surface area (Å²) in [5.41, 5.74) is 1.38. The van der Waals surface area contributed by atoms with Gasteiger partial charge in [0.15, 0.2) is 5.78 Å². The molecule has 0 amide bonds. The second-order valence-electron chi connectivity index (χ2n) is 3.61. The Morgan fingerprint density at radius 3 is 2.94 bits per heavy atom. The Morgan fingerprint density at radius 1 is 1.50 bits per heavy atom. The summed E-state index contributed by atoms with van der Waals surface area (Å²) < 4.78 is 14.5. The zero-order valence-corrected chi connectivity index (χ0v) is 8.85. The van der Waals surface area contributed by atoms with Gasteiger partial charge in [0.1, 0.15) is 5.82 Å². The second-order valence-corrected chi connectivity index (χ2v) is 3.61. The molecular formula is C12H11FN2O. The Kier molecular flexibility index (Phi) is 2.81. The van der Waals surface area contributed by atoms with Gasteiger partial charge in [-0.15, -0.1) is 0 Å². The minimum atomic E-state index is -0.267. The lowest BCUT2D eigenvalue weighted by atomic mass is 10.2. The number of halogens is 1. The van der Waals surface area contributed by atoms with Gasteiger partial charge in [0.05, 0.1) is 18.3 Å². The lowest BCUT2D eigenvalue weighted by Crippen LogP contribution is -2.00. The maximum absolute atomic E-state index is 12.9. The summed E-state index contributed by atoms with van der Waals surface area (Å²) >= 11 is 0. The van der Waals surface area contributed by atoms with E-state index in [2.05, 4.69) is 5.10 Å². The van der Waals surface area contributed by atoms with Gasteiger partial charge >= 0.3 is 0 Å². The molecule has 0 saturated heterocycles. The first-order valence-corrected chi connectivity index (χ1v) is 4.93. The number of nitrogens with zero attached hydrogens (tertiary/aromatic N) is 2. The van der Waals surface area contributed by atoms with Crippen LogP contribution < -0.4 is 0 Å². The number of Topliss-reactive ketones (excluding diaryl/α,β-unsaturated/α-hetero) is 1. The summed E-state index contributed by atoms with van der Waals surface area (Å²) in [4.78, 5) is 11.1. The molecular weight excluding hydrogens is 207 g/mol. The standard InChI is InChI=1S/C12H11FN2O/c1-9(16)11-6-14-15(8-11)7-10-3-2-4-12(13)5-10/h2-6,8H,7H2,1H3. The molecule has 0 aliphatic carbocycles. The number of aromatic nitrogens is 2. The smallest absolute Gasteiger partial charge is 0.162 e. The Morgan fingerprint density at radius 2 is 2.31 bits per heavy atom. The SMILES string of the molecule is CC(=O)c1cnn(Cc2cccc(F)c2)c1. The zero-order valence-electron chi connectivity index (χ0n) is 8.85. The van der Waals surface area contributed by atoms with Crippen molar-refractivity contribution in [2.45, 2.75) is 13.5 Å². The number of rotatable bonds is 3. The van der Waals surface area contributed by atoms with E-state index in [1.165, 1.54) is 25.3 Å². The molecule has 0 atom stereocenters. The number of ketones is 1. The van der Waals surface area contributed by atoms with Crippen LogP contribution in [0.15, 0.2) is 36.7 Å². The molecule has 1 aromatic carbocycles. The van der Waals surface area contributed by atoms with Gasteiger partial charge in [-0.3, -0.25) is 9.48 Å². The van der Waals surface area contributed by atoms with E-state index in [0.717, 1.165) is 5.56 Å². The molecule has 0 saturated carbocycles. The van der Waals surface area contributed by atoms with Crippen molar-refractivity contribution in [2.24, 2.45) is 0 Å². The molecule has 1 heterocycles.